The number of amides is 1. The van der Waals surface area contributed by atoms with Crippen LogP contribution in [0.3, 0.4) is 0 Å². The second-order valence-electron chi connectivity index (χ2n) is 6.83. The molecule has 4 nitrogen and oxygen atoms in total. The summed E-state index contributed by atoms with van der Waals surface area (Å²) in [5.74, 6) is 0.737. The van der Waals surface area contributed by atoms with Crippen molar-refractivity contribution >= 4 is 47.0 Å². The van der Waals surface area contributed by atoms with Crippen LogP contribution in [0.4, 0.5) is 10.5 Å². The maximum Gasteiger partial charge on any atom is 0.410 e. The highest BCUT2D eigenvalue weighted by Crippen LogP contribution is 2.28. The molecule has 1 aliphatic heterocycles. The molecule has 0 bridgehead atoms. The van der Waals surface area contributed by atoms with Gasteiger partial charge in [-0.1, -0.05) is 0 Å². The van der Waals surface area contributed by atoms with Gasteiger partial charge in [0.05, 0.1) is 0 Å². The largest absolute Gasteiger partial charge is 0.444 e. The van der Waals surface area contributed by atoms with E-state index in [4.69, 9.17) is 4.74 Å². The quantitative estimate of drug-likeness (QED) is 0.547. The van der Waals surface area contributed by atoms with Crippen molar-refractivity contribution in [1.82, 2.24) is 4.90 Å². The summed E-state index contributed by atoms with van der Waals surface area (Å²) in [5.41, 5.74) is 3.33. The lowest BCUT2D eigenvalue weighted by Gasteiger charge is -2.37. The fourth-order valence-electron chi connectivity index (χ4n) is 2.60. The number of benzene rings is 1. The average Bonchev–Trinajstić information content (AvgIpc) is 2.48. The fraction of sp³-hybridized carbons (Fsp3) is 0.588. The Bertz CT molecular complexity index is 579. The molecule has 1 aromatic carbocycles. The van der Waals surface area contributed by atoms with E-state index in [1.165, 1.54) is 20.4 Å². The van der Waals surface area contributed by atoms with Crippen molar-refractivity contribution in [3.05, 3.63) is 26.8 Å². The molecule has 0 aromatic heterocycles. The van der Waals surface area contributed by atoms with E-state index in [1.54, 1.807) is 4.90 Å². The highest BCUT2D eigenvalue weighted by Gasteiger charge is 2.26. The molecule has 0 aliphatic carbocycles. The minimum atomic E-state index is -0.443. The molecule has 0 saturated carbocycles. The van der Waals surface area contributed by atoms with Crippen molar-refractivity contribution in [3.8, 4) is 0 Å². The zero-order valence-corrected chi connectivity index (χ0v) is 17.3. The summed E-state index contributed by atoms with van der Waals surface area (Å²) < 4.78 is 6.72. The van der Waals surface area contributed by atoms with E-state index >= 15 is 0 Å². The Morgan fingerprint density at radius 1 is 1.26 bits per heavy atom. The van der Waals surface area contributed by atoms with Gasteiger partial charge in [-0.15, -0.1) is 0 Å². The zero-order chi connectivity index (χ0) is 17.2. The van der Waals surface area contributed by atoms with Crippen LogP contribution in [0.2, 0.25) is 0 Å². The molecule has 6 heteroatoms. The van der Waals surface area contributed by atoms with Gasteiger partial charge in [0, 0.05) is 41.2 Å². The Balaban J connectivity index is 2.05. The van der Waals surface area contributed by atoms with Gasteiger partial charge >= 0.3 is 6.09 Å². The molecule has 1 aromatic rings. The smallest absolute Gasteiger partial charge is 0.410 e. The number of halogens is 1. The summed E-state index contributed by atoms with van der Waals surface area (Å²) in [5, 5.41) is 0. The third kappa shape index (κ3) is 4.92. The first-order valence-electron chi connectivity index (χ1n) is 7.84. The molecule has 23 heavy (non-hydrogen) atoms. The van der Waals surface area contributed by atoms with Gasteiger partial charge in [0.2, 0.25) is 0 Å². The van der Waals surface area contributed by atoms with Gasteiger partial charge in [-0.3, -0.25) is 0 Å². The van der Waals surface area contributed by atoms with Gasteiger partial charge in [0.15, 0.2) is 0 Å². The third-order valence-electron chi connectivity index (χ3n) is 3.83. The molecule has 0 radical (unpaired) electrons. The van der Waals surface area contributed by atoms with Gasteiger partial charge in [-0.05, 0) is 73.5 Å². The second kappa shape index (κ2) is 7.51. The number of hydrogen-bond donors (Lipinski definition) is 1. The second-order valence-corrected chi connectivity index (χ2v) is 8.31. The molecule has 1 fully saturated rings. The fourth-order valence-corrected chi connectivity index (χ4v) is 3.45. The van der Waals surface area contributed by atoms with E-state index in [1.807, 2.05) is 20.8 Å². The van der Waals surface area contributed by atoms with E-state index in [2.05, 4.69) is 59.2 Å². The number of carbonyl (C=O) groups is 1. The van der Waals surface area contributed by atoms with Crippen molar-refractivity contribution in [2.24, 2.45) is 0 Å². The molecule has 0 atom stereocenters. The minimum Gasteiger partial charge on any atom is -0.444 e. The molecule has 0 unspecified atom stereocenters. The maximum atomic E-state index is 12.2. The van der Waals surface area contributed by atoms with Crippen LogP contribution in [0, 0.1) is 10.5 Å². The van der Waals surface area contributed by atoms with Crippen molar-refractivity contribution < 1.29 is 9.53 Å². The molecule has 0 spiro atoms. The molecule has 1 heterocycles. The normalized spacial score (nSPS) is 15.7. The maximum absolute atomic E-state index is 12.2. The number of ether oxygens (including phenoxy) is 1. The van der Waals surface area contributed by atoms with Crippen molar-refractivity contribution in [3.63, 3.8) is 0 Å². The average molecular weight is 448 g/mol. The van der Waals surface area contributed by atoms with Crippen LogP contribution < -0.4 is 4.90 Å². The van der Waals surface area contributed by atoms with Gasteiger partial charge in [0.25, 0.3) is 0 Å². The van der Waals surface area contributed by atoms with Crippen LogP contribution in [-0.4, -0.2) is 42.8 Å². The van der Waals surface area contributed by atoms with Crippen molar-refractivity contribution in [2.75, 3.05) is 31.1 Å². The number of anilines is 1. The van der Waals surface area contributed by atoms with E-state index in [0.29, 0.717) is 13.1 Å². The highest BCUT2D eigenvalue weighted by atomic mass is 127. The minimum absolute atomic E-state index is 0.215. The first kappa shape index (κ1) is 18.7. The highest BCUT2D eigenvalue weighted by molar-refractivity contribution is 14.1. The number of carbonyl (C=O) groups excluding carboxylic acids is 1. The first-order chi connectivity index (χ1) is 10.7. The molecule has 128 valence electrons. The summed E-state index contributed by atoms with van der Waals surface area (Å²) in [6, 6.07) is 4.40. The zero-order valence-electron chi connectivity index (χ0n) is 14.2. The Morgan fingerprint density at radius 3 is 2.39 bits per heavy atom. The van der Waals surface area contributed by atoms with Crippen LogP contribution in [-0.2, 0) is 10.5 Å². The Morgan fingerprint density at radius 2 is 1.87 bits per heavy atom. The van der Waals surface area contributed by atoms with Crippen LogP contribution in [0.15, 0.2) is 12.1 Å². The molecular weight excluding hydrogens is 423 g/mol. The summed E-state index contributed by atoms with van der Waals surface area (Å²) in [6.45, 7) is 10.9. The van der Waals surface area contributed by atoms with Crippen LogP contribution >= 0.6 is 35.2 Å². The number of piperazine rings is 1. The number of rotatable bonds is 2. The van der Waals surface area contributed by atoms with Crippen LogP contribution in [0.25, 0.3) is 0 Å². The van der Waals surface area contributed by atoms with Gasteiger partial charge in [-0.2, -0.15) is 12.6 Å². The third-order valence-corrected chi connectivity index (χ3v) is 5.32. The lowest BCUT2D eigenvalue weighted by molar-refractivity contribution is 0.0240. The standard InChI is InChI=1S/C17H25IN2O2S/c1-12-14(18)9-13(11-23)10-15(12)19-5-7-20(8-6-19)16(21)22-17(2,3)4/h9-10,23H,5-8,11H2,1-4H3. The van der Waals surface area contributed by atoms with Gasteiger partial charge in [0.1, 0.15) is 5.60 Å². The van der Waals surface area contributed by atoms with E-state index < -0.39 is 5.60 Å². The predicted molar refractivity (Wildman–Crippen MR) is 107 cm³/mol. The summed E-state index contributed by atoms with van der Waals surface area (Å²) in [4.78, 5) is 16.3. The summed E-state index contributed by atoms with van der Waals surface area (Å²) >= 11 is 6.77. The number of thiol groups is 1. The lowest BCUT2D eigenvalue weighted by Crippen LogP contribution is -2.50. The Kier molecular flexibility index (Phi) is 6.10. The van der Waals surface area contributed by atoms with E-state index in [0.717, 1.165) is 18.8 Å². The SMILES string of the molecule is Cc1c(I)cc(CS)cc1N1CCN(C(=O)OC(C)(C)C)CC1. The molecule has 0 N–H and O–H groups in total. The van der Waals surface area contributed by atoms with Crippen LogP contribution in [0.5, 0.6) is 0 Å². The molecule has 2 rings (SSSR count). The van der Waals surface area contributed by atoms with E-state index in [-0.39, 0.29) is 6.09 Å². The van der Waals surface area contributed by atoms with Crippen molar-refractivity contribution in [2.45, 2.75) is 39.0 Å². The lowest BCUT2D eigenvalue weighted by atomic mass is 10.1. The number of hydrogen-bond acceptors (Lipinski definition) is 4. The first-order valence-corrected chi connectivity index (χ1v) is 9.55. The Labute approximate surface area is 158 Å². The summed E-state index contributed by atoms with van der Waals surface area (Å²) in [7, 11) is 0. The number of nitrogens with zero attached hydrogens (tertiary/aromatic N) is 2. The van der Waals surface area contributed by atoms with Crippen molar-refractivity contribution in [1.29, 1.82) is 0 Å². The van der Waals surface area contributed by atoms with Crippen LogP contribution in [0.1, 0.15) is 31.9 Å². The van der Waals surface area contributed by atoms with Gasteiger partial charge < -0.3 is 14.5 Å². The molecule has 1 amide bonds. The molecular formula is C17H25IN2O2S. The molecule has 1 saturated heterocycles. The predicted octanol–water partition coefficient (Wildman–Crippen LogP) is 4.09. The van der Waals surface area contributed by atoms with E-state index in [9.17, 15) is 4.79 Å². The monoisotopic (exact) mass is 448 g/mol. The Hall–Kier alpha value is -0.630. The van der Waals surface area contributed by atoms with Gasteiger partial charge in [-0.25, -0.2) is 4.79 Å². The topological polar surface area (TPSA) is 32.8 Å². The molecule has 1 aliphatic rings. The summed E-state index contributed by atoms with van der Waals surface area (Å²) in [6.07, 6.45) is -0.215.